The number of nitrogens with zero attached hydrogens (tertiary/aromatic N) is 2. The zero-order chi connectivity index (χ0) is 17.5. The third kappa shape index (κ3) is 3.54. The number of hydrogen-bond acceptors (Lipinski definition) is 2. The number of aryl methyl sites for hydroxylation is 1. The molecular formula is C16H15Cl2F2N3O. The lowest BCUT2D eigenvalue weighted by Gasteiger charge is -2.18. The maximum atomic E-state index is 13.0. The van der Waals surface area contributed by atoms with Crippen molar-refractivity contribution in [3.05, 3.63) is 51.3 Å². The Morgan fingerprint density at radius 3 is 2.71 bits per heavy atom. The second-order valence-corrected chi connectivity index (χ2v) is 6.89. The minimum Gasteiger partial charge on any atom is -0.346 e. The topological polar surface area (TPSA) is 46.9 Å². The van der Waals surface area contributed by atoms with Crippen LogP contribution in [0.4, 0.5) is 8.78 Å². The molecule has 8 heteroatoms. The van der Waals surface area contributed by atoms with E-state index in [1.165, 1.54) is 17.9 Å². The van der Waals surface area contributed by atoms with Gasteiger partial charge in [0.1, 0.15) is 5.69 Å². The summed E-state index contributed by atoms with van der Waals surface area (Å²) in [5.41, 5.74) is -0.195. The van der Waals surface area contributed by atoms with Gasteiger partial charge in [0.25, 0.3) is 12.3 Å². The Labute approximate surface area is 147 Å². The third-order valence-corrected chi connectivity index (χ3v) is 4.67. The predicted molar refractivity (Wildman–Crippen MR) is 87.8 cm³/mol. The molecule has 24 heavy (non-hydrogen) atoms. The van der Waals surface area contributed by atoms with Crippen LogP contribution in [-0.2, 0) is 13.5 Å². The van der Waals surface area contributed by atoms with Crippen molar-refractivity contribution >= 4 is 29.1 Å². The van der Waals surface area contributed by atoms with Crippen molar-refractivity contribution in [1.29, 1.82) is 0 Å². The molecule has 1 fully saturated rings. The van der Waals surface area contributed by atoms with E-state index in [1.807, 2.05) is 6.07 Å². The molecule has 0 aliphatic heterocycles. The summed E-state index contributed by atoms with van der Waals surface area (Å²) < 4.78 is 27.2. The van der Waals surface area contributed by atoms with Crippen LogP contribution in [0.1, 0.15) is 40.9 Å². The number of amides is 1. The Hall–Kier alpha value is -1.66. The van der Waals surface area contributed by atoms with Gasteiger partial charge in [-0.3, -0.25) is 9.48 Å². The molecule has 0 bridgehead atoms. The molecule has 1 aromatic carbocycles. The summed E-state index contributed by atoms with van der Waals surface area (Å²) in [7, 11) is 1.50. The largest absolute Gasteiger partial charge is 0.346 e. The molecule has 128 valence electrons. The first kappa shape index (κ1) is 17.2. The molecule has 4 nitrogen and oxygen atoms in total. The van der Waals surface area contributed by atoms with Gasteiger partial charge in [0.2, 0.25) is 0 Å². The first-order chi connectivity index (χ1) is 11.3. The fourth-order valence-electron chi connectivity index (χ4n) is 2.68. The van der Waals surface area contributed by atoms with Crippen LogP contribution in [0.5, 0.6) is 0 Å². The number of carbonyl (C=O) groups is 1. The van der Waals surface area contributed by atoms with Crippen LogP contribution >= 0.6 is 23.2 Å². The van der Waals surface area contributed by atoms with E-state index in [-0.39, 0.29) is 5.56 Å². The van der Waals surface area contributed by atoms with Gasteiger partial charge in [-0.05, 0) is 37.0 Å². The summed E-state index contributed by atoms with van der Waals surface area (Å²) in [6.45, 7) is 0. The van der Waals surface area contributed by atoms with Crippen molar-refractivity contribution < 1.29 is 13.6 Å². The lowest BCUT2D eigenvalue weighted by molar-refractivity contribution is 0.0917. The van der Waals surface area contributed by atoms with E-state index >= 15 is 0 Å². The molecule has 0 unspecified atom stereocenters. The van der Waals surface area contributed by atoms with Crippen molar-refractivity contribution in [2.75, 3.05) is 0 Å². The van der Waals surface area contributed by atoms with Crippen molar-refractivity contribution in [2.24, 2.45) is 7.05 Å². The first-order valence-electron chi connectivity index (χ1n) is 7.38. The molecule has 2 aromatic rings. The van der Waals surface area contributed by atoms with Gasteiger partial charge in [0.15, 0.2) is 0 Å². The molecule has 0 radical (unpaired) electrons. The second kappa shape index (κ2) is 6.33. The third-order valence-electron chi connectivity index (χ3n) is 4.08. The quantitative estimate of drug-likeness (QED) is 0.854. The van der Waals surface area contributed by atoms with Gasteiger partial charge in [-0.2, -0.15) is 5.10 Å². The molecule has 1 N–H and O–H groups in total. The first-order valence-corrected chi connectivity index (χ1v) is 8.13. The predicted octanol–water partition coefficient (Wildman–Crippen LogP) is 4.17. The SMILES string of the molecule is Cn1cc(C(=O)NC2(Cc3ccc(Cl)cc3Cl)CC2)c(C(F)F)n1. The highest BCUT2D eigenvalue weighted by molar-refractivity contribution is 6.35. The van der Waals surface area contributed by atoms with Crippen molar-refractivity contribution in [3.8, 4) is 0 Å². The van der Waals surface area contributed by atoms with Crippen LogP contribution in [0, 0.1) is 0 Å². The molecule has 3 rings (SSSR count). The monoisotopic (exact) mass is 373 g/mol. The fourth-order valence-corrected chi connectivity index (χ4v) is 3.15. The number of rotatable bonds is 5. The average molecular weight is 374 g/mol. The lowest BCUT2D eigenvalue weighted by Crippen LogP contribution is -2.38. The van der Waals surface area contributed by atoms with Crippen molar-refractivity contribution in [1.82, 2.24) is 15.1 Å². The van der Waals surface area contributed by atoms with Crippen LogP contribution in [0.2, 0.25) is 10.0 Å². The van der Waals surface area contributed by atoms with Crippen molar-refractivity contribution in [3.63, 3.8) is 0 Å². The van der Waals surface area contributed by atoms with E-state index in [0.29, 0.717) is 16.5 Å². The summed E-state index contributed by atoms with van der Waals surface area (Å²) in [6.07, 6.45) is 0.568. The van der Waals surface area contributed by atoms with E-state index in [0.717, 1.165) is 18.4 Å². The number of aromatic nitrogens is 2. The maximum Gasteiger partial charge on any atom is 0.282 e. The van der Waals surface area contributed by atoms with Crippen LogP contribution in [0.15, 0.2) is 24.4 Å². The average Bonchev–Trinajstić information content (AvgIpc) is 3.12. The van der Waals surface area contributed by atoms with E-state index < -0.39 is 23.6 Å². The molecule has 1 saturated carbocycles. The summed E-state index contributed by atoms with van der Waals surface area (Å²) in [6, 6.07) is 5.19. The van der Waals surface area contributed by atoms with Crippen LogP contribution in [-0.4, -0.2) is 21.2 Å². The minimum atomic E-state index is -2.80. The number of alkyl halides is 2. The Bertz CT molecular complexity index is 788. The Morgan fingerprint density at radius 2 is 2.12 bits per heavy atom. The van der Waals surface area contributed by atoms with Gasteiger partial charge in [0, 0.05) is 28.8 Å². The molecule has 0 atom stereocenters. The van der Waals surface area contributed by atoms with E-state index in [1.54, 1.807) is 12.1 Å². The molecule has 0 spiro atoms. The van der Waals surface area contributed by atoms with Gasteiger partial charge in [-0.15, -0.1) is 0 Å². The summed E-state index contributed by atoms with van der Waals surface area (Å²) in [4.78, 5) is 12.4. The van der Waals surface area contributed by atoms with Crippen molar-refractivity contribution in [2.45, 2.75) is 31.2 Å². The van der Waals surface area contributed by atoms with Gasteiger partial charge in [-0.25, -0.2) is 8.78 Å². The maximum absolute atomic E-state index is 13.0. The summed E-state index contributed by atoms with van der Waals surface area (Å²) in [5.74, 6) is -0.541. The standard InChI is InChI=1S/C16H15Cl2F2N3O/c1-23-8-11(13(22-23)14(19)20)15(24)21-16(4-5-16)7-9-2-3-10(17)6-12(9)18/h2-3,6,8,14H,4-5,7H2,1H3,(H,21,24). The molecule has 1 amide bonds. The summed E-state index contributed by atoms with van der Waals surface area (Å²) >= 11 is 12.1. The number of halogens is 4. The van der Waals surface area contributed by atoms with E-state index in [4.69, 9.17) is 23.2 Å². The highest BCUT2D eigenvalue weighted by Gasteiger charge is 2.45. The molecule has 1 aromatic heterocycles. The minimum absolute atomic E-state index is 0.0963. The Kier molecular flexibility index (Phi) is 4.53. The highest BCUT2D eigenvalue weighted by atomic mass is 35.5. The molecule has 1 aliphatic rings. The molecule has 1 heterocycles. The molecule has 0 saturated heterocycles. The van der Waals surface area contributed by atoms with Gasteiger partial charge in [0.05, 0.1) is 5.56 Å². The van der Waals surface area contributed by atoms with E-state index in [9.17, 15) is 13.6 Å². The van der Waals surface area contributed by atoms with Gasteiger partial charge >= 0.3 is 0 Å². The number of benzene rings is 1. The Balaban J connectivity index is 1.77. The molecule has 1 aliphatic carbocycles. The van der Waals surface area contributed by atoms with Crippen LogP contribution in [0.3, 0.4) is 0 Å². The smallest absolute Gasteiger partial charge is 0.282 e. The normalized spacial score (nSPS) is 15.6. The Morgan fingerprint density at radius 1 is 1.42 bits per heavy atom. The second-order valence-electron chi connectivity index (χ2n) is 6.05. The number of nitrogens with one attached hydrogen (secondary N) is 1. The van der Waals surface area contributed by atoms with Crippen LogP contribution < -0.4 is 5.32 Å². The number of hydrogen-bond donors (Lipinski definition) is 1. The van der Waals surface area contributed by atoms with Gasteiger partial charge in [-0.1, -0.05) is 29.3 Å². The molecular weight excluding hydrogens is 359 g/mol. The van der Waals surface area contributed by atoms with E-state index in [2.05, 4.69) is 10.4 Å². The highest BCUT2D eigenvalue weighted by Crippen LogP contribution is 2.40. The summed E-state index contributed by atoms with van der Waals surface area (Å²) in [5, 5.41) is 7.59. The number of carbonyl (C=O) groups excluding carboxylic acids is 1. The zero-order valence-electron chi connectivity index (χ0n) is 12.8. The zero-order valence-corrected chi connectivity index (χ0v) is 14.3. The fraction of sp³-hybridized carbons (Fsp3) is 0.375. The lowest BCUT2D eigenvalue weighted by atomic mass is 10.0. The van der Waals surface area contributed by atoms with Crippen LogP contribution in [0.25, 0.3) is 0 Å². The van der Waals surface area contributed by atoms with Gasteiger partial charge < -0.3 is 5.32 Å².